The third-order valence-electron chi connectivity index (χ3n) is 2.94. The first-order chi connectivity index (χ1) is 7.56. The van der Waals surface area contributed by atoms with E-state index in [2.05, 4.69) is 12.2 Å². The molecule has 1 saturated carbocycles. The van der Waals surface area contributed by atoms with E-state index in [0.29, 0.717) is 5.69 Å². The number of nitrogen functional groups attached to an aromatic ring is 1. The average Bonchev–Trinajstić information content (AvgIpc) is 2.93. The maximum absolute atomic E-state index is 11.9. The summed E-state index contributed by atoms with van der Waals surface area (Å²) in [4.78, 5) is 13.6. The summed E-state index contributed by atoms with van der Waals surface area (Å²) in [5, 5.41) is 3.02. The number of rotatable bonds is 4. The van der Waals surface area contributed by atoms with Crippen molar-refractivity contribution in [3.63, 3.8) is 0 Å². The van der Waals surface area contributed by atoms with Gasteiger partial charge in [-0.05, 0) is 32.3 Å². The molecule has 0 bridgehead atoms. The molecule has 1 aromatic rings. The van der Waals surface area contributed by atoms with Crippen LogP contribution < -0.4 is 11.1 Å². The Labute approximate surface area is 100 Å². The minimum atomic E-state index is 0.0120. The van der Waals surface area contributed by atoms with Crippen LogP contribution in [-0.2, 0) is 0 Å². The molecule has 0 saturated heterocycles. The molecule has 1 unspecified atom stereocenters. The summed E-state index contributed by atoms with van der Waals surface area (Å²) in [5.74, 6) is 0.850. The fraction of sp³-hybridized carbons (Fsp3) is 0.583. The van der Waals surface area contributed by atoms with Crippen molar-refractivity contribution in [1.82, 2.24) is 5.32 Å². The maximum atomic E-state index is 11.9. The van der Waals surface area contributed by atoms with Gasteiger partial charge < -0.3 is 11.1 Å². The number of carbonyl (C=O) groups excluding carboxylic acids is 1. The van der Waals surface area contributed by atoms with Gasteiger partial charge in [0, 0.05) is 16.6 Å². The Hall–Kier alpha value is -1.03. The van der Waals surface area contributed by atoms with Gasteiger partial charge >= 0.3 is 0 Å². The monoisotopic (exact) mass is 238 g/mol. The van der Waals surface area contributed by atoms with Crippen LogP contribution in [-0.4, -0.2) is 11.9 Å². The third-order valence-corrected chi connectivity index (χ3v) is 4.01. The van der Waals surface area contributed by atoms with Crippen LogP contribution in [0.25, 0.3) is 0 Å². The summed E-state index contributed by atoms with van der Waals surface area (Å²) < 4.78 is 0. The zero-order valence-corrected chi connectivity index (χ0v) is 10.6. The van der Waals surface area contributed by atoms with Crippen molar-refractivity contribution in [1.29, 1.82) is 0 Å². The largest absolute Gasteiger partial charge is 0.398 e. The Bertz CT molecular complexity index is 376. The highest BCUT2D eigenvalue weighted by Crippen LogP contribution is 2.33. The lowest BCUT2D eigenvalue weighted by Crippen LogP contribution is -2.32. The van der Waals surface area contributed by atoms with Crippen LogP contribution in [0.3, 0.4) is 0 Å². The van der Waals surface area contributed by atoms with Crippen molar-refractivity contribution in [2.75, 3.05) is 5.73 Å². The quantitative estimate of drug-likeness (QED) is 0.847. The zero-order chi connectivity index (χ0) is 11.7. The van der Waals surface area contributed by atoms with Crippen LogP contribution in [0.4, 0.5) is 5.69 Å². The molecule has 1 heterocycles. The molecule has 1 aliphatic carbocycles. The van der Waals surface area contributed by atoms with Crippen molar-refractivity contribution >= 4 is 22.9 Å². The number of anilines is 1. The predicted octanol–water partition coefficient (Wildman–Crippen LogP) is 2.56. The van der Waals surface area contributed by atoms with Crippen LogP contribution in [0, 0.1) is 12.8 Å². The Morgan fingerprint density at radius 3 is 2.88 bits per heavy atom. The number of nitrogens with two attached hydrogens (primary N) is 1. The highest BCUT2D eigenvalue weighted by molar-refractivity contribution is 7.14. The van der Waals surface area contributed by atoms with Gasteiger partial charge in [0.2, 0.25) is 0 Å². The number of nitrogens with one attached hydrogen (secondary N) is 1. The molecule has 3 nitrogen and oxygen atoms in total. The van der Waals surface area contributed by atoms with E-state index in [4.69, 9.17) is 5.73 Å². The molecular weight excluding hydrogens is 220 g/mol. The van der Waals surface area contributed by atoms with Gasteiger partial charge in [0.1, 0.15) is 0 Å². The van der Waals surface area contributed by atoms with Crippen LogP contribution in [0.15, 0.2) is 6.07 Å². The van der Waals surface area contributed by atoms with Crippen LogP contribution in [0.1, 0.15) is 40.7 Å². The van der Waals surface area contributed by atoms with Gasteiger partial charge in [-0.2, -0.15) is 0 Å². The van der Waals surface area contributed by atoms with Crippen molar-refractivity contribution in [2.45, 2.75) is 39.2 Å². The Balaban J connectivity index is 1.91. The van der Waals surface area contributed by atoms with Gasteiger partial charge in [0.15, 0.2) is 0 Å². The molecular formula is C12H18N2OS. The summed E-state index contributed by atoms with van der Waals surface area (Å²) in [6.45, 7) is 4.00. The lowest BCUT2D eigenvalue weighted by molar-refractivity contribution is 0.0941. The summed E-state index contributed by atoms with van der Waals surface area (Å²) >= 11 is 1.46. The van der Waals surface area contributed by atoms with Gasteiger partial charge in [-0.1, -0.05) is 12.8 Å². The molecule has 2 rings (SSSR count). The smallest absolute Gasteiger partial charge is 0.261 e. The molecule has 1 amide bonds. The topological polar surface area (TPSA) is 55.1 Å². The van der Waals surface area contributed by atoms with Crippen molar-refractivity contribution < 1.29 is 4.79 Å². The first-order valence-electron chi connectivity index (χ1n) is 5.73. The highest BCUT2D eigenvalue weighted by Gasteiger charge is 2.24. The second-order valence-corrected chi connectivity index (χ2v) is 5.93. The van der Waals surface area contributed by atoms with E-state index in [1.807, 2.05) is 6.92 Å². The van der Waals surface area contributed by atoms with Crippen molar-refractivity contribution in [3.8, 4) is 0 Å². The number of thiophene rings is 1. The number of hydrogen-bond donors (Lipinski definition) is 2. The molecule has 0 aromatic carbocycles. The third kappa shape index (κ3) is 2.76. The second kappa shape index (κ2) is 4.45. The first kappa shape index (κ1) is 11.5. The van der Waals surface area contributed by atoms with Gasteiger partial charge in [-0.25, -0.2) is 0 Å². The second-order valence-electron chi connectivity index (χ2n) is 4.68. The summed E-state index contributed by atoms with van der Waals surface area (Å²) in [6, 6.07) is 2.03. The fourth-order valence-electron chi connectivity index (χ4n) is 1.82. The standard InChI is InChI=1S/C12H18N2OS/c1-7(5-9-3-4-9)14-12(15)11-6-10(13)8(2)16-11/h6-7,9H,3-5,13H2,1-2H3,(H,14,15). The Kier molecular flexibility index (Phi) is 3.19. The number of aryl methyl sites for hydroxylation is 1. The SMILES string of the molecule is Cc1sc(C(=O)NC(C)CC2CC2)cc1N. The molecule has 1 atom stereocenters. The van der Waals surface area contributed by atoms with Crippen molar-refractivity contribution in [2.24, 2.45) is 5.92 Å². The molecule has 1 aliphatic rings. The van der Waals surface area contributed by atoms with E-state index in [1.165, 1.54) is 24.2 Å². The van der Waals surface area contributed by atoms with Crippen LogP contribution >= 0.6 is 11.3 Å². The summed E-state index contributed by atoms with van der Waals surface area (Å²) in [6.07, 6.45) is 3.75. The number of hydrogen-bond acceptors (Lipinski definition) is 3. The van der Waals surface area contributed by atoms with Crippen molar-refractivity contribution in [3.05, 3.63) is 15.8 Å². The van der Waals surface area contributed by atoms with Gasteiger partial charge in [-0.3, -0.25) is 4.79 Å². The molecule has 1 fully saturated rings. The molecule has 88 valence electrons. The minimum Gasteiger partial charge on any atom is -0.398 e. The predicted molar refractivity (Wildman–Crippen MR) is 67.7 cm³/mol. The first-order valence-corrected chi connectivity index (χ1v) is 6.54. The Morgan fingerprint density at radius 1 is 1.69 bits per heavy atom. The molecule has 0 spiro atoms. The molecule has 3 N–H and O–H groups in total. The Morgan fingerprint density at radius 2 is 2.38 bits per heavy atom. The minimum absolute atomic E-state index is 0.0120. The van der Waals surface area contributed by atoms with Gasteiger partial charge in [0.05, 0.1) is 4.88 Å². The summed E-state index contributed by atoms with van der Waals surface area (Å²) in [5.41, 5.74) is 6.44. The van der Waals surface area contributed by atoms with E-state index >= 15 is 0 Å². The molecule has 4 heteroatoms. The summed E-state index contributed by atoms with van der Waals surface area (Å²) in [7, 11) is 0. The molecule has 1 aromatic heterocycles. The van der Waals surface area contributed by atoms with Gasteiger partial charge in [-0.15, -0.1) is 11.3 Å². The van der Waals surface area contributed by atoms with Gasteiger partial charge in [0.25, 0.3) is 5.91 Å². The molecule has 0 aliphatic heterocycles. The van der Waals surface area contributed by atoms with E-state index < -0.39 is 0 Å². The maximum Gasteiger partial charge on any atom is 0.261 e. The van der Waals surface area contributed by atoms with E-state index in [-0.39, 0.29) is 11.9 Å². The van der Waals surface area contributed by atoms with Crippen LogP contribution in [0.2, 0.25) is 0 Å². The fourth-order valence-corrected chi connectivity index (χ4v) is 2.66. The van der Waals surface area contributed by atoms with E-state index in [0.717, 1.165) is 22.1 Å². The lowest BCUT2D eigenvalue weighted by Gasteiger charge is -2.12. The highest BCUT2D eigenvalue weighted by atomic mass is 32.1. The van der Waals surface area contributed by atoms with Crippen LogP contribution in [0.5, 0.6) is 0 Å². The molecule has 0 radical (unpaired) electrons. The lowest BCUT2D eigenvalue weighted by atomic mass is 10.1. The number of carbonyl (C=O) groups is 1. The number of amides is 1. The van der Waals surface area contributed by atoms with E-state index in [1.54, 1.807) is 6.07 Å². The zero-order valence-electron chi connectivity index (χ0n) is 9.75. The normalized spacial score (nSPS) is 17.1. The van der Waals surface area contributed by atoms with E-state index in [9.17, 15) is 4.79 Å². The average molecular weight is 238 g/mol. The molecule has 16 heavy (non-hydrogen) atoms.